The van der Waals surface area contributed by atoms with Crippen LogP contribution in [-0.4, -0.2) is 28.9 Å². The van der Waals surface area contributed by atoms with Crippen LogP contribution < -0.4 is 4.74 Å². The summed E-state index contributed by atoms with van der Waals surface area (Å²) < 4.78 is 5.62. The standard InChI is InChI=1S/C20H24N2O2/c1-3-6-19(23)22(4-2)20(17-7-5-11-21-14-17)16-8-9-18-15(13-16)10-12-24-18/h5,7-9,11,13-14,20H,3-4,6,10,12H2,1-2H3/t20-/m1/s1. The van der Waals surface area contributed by atoms with Crippen LogP contribution >= 0.6 is 0 Å². The van der Waals surface area contributed by atoms with E-state index in [1.165, 1.54) is 5.56 Å². The maximum absolute atomic E-state index is 12.7. The Morgan fingerprint density at radius 2 is 2.17 bits per heavy atom. The molecule has 1 aromatic carbocycles. The molecule has 0 fully saturated rings. The van der Waals surface area contributed by atoms with Crippen LogP contribution in [0, 0.1) is 0 Å². The molecule has 1 atom stereocenters. The molecule has 0 saturated carbocycles. The summed E-state index contributed by atoms with van der Waals surface area (Å²) >= 11 is 0. The van der Waals surface area contributed by atoms with Gasteiger partial charge in [0.1, 0.15) is 5.75 Å². The van der Waals surface area contributed by atoms with Gasteiger partial charge in [-0.25, -0.2) is 0 Å². The number of hydrogen-bond acceptors (Lipinski definition) is 3. The van der Waals surface area contributed by atoms with Gasteiger partial charge >= 0.3 is 0 Å². The van der Waals surface area contributed by atoms with Crippen LogP contribution in [0.3, 0.4) is 0 Å². The van der Waals surface area contributed by atoms with E-state index in [4.69, 9.17) is 4.74 Å². The van der Waals surface area contributed by atoms with Crippen molar-refractivity contribution in [3.8, 4) is 5.75 Å². The van der Waals surface area contributed by atoms with Crippen molar-refractivity contribution in [1.82, 2.24) is 9.88 Å². The molecule has 0 unspecified atom stereocenters. The number of aromatic nitrogens is 1. The van der Waals surface area contributed by atoms with Crippen molar-refractivity contribution in [1.29, 1.82) is 0 Å². The molecule has 2 aromatic rings. The van der Waals surface area contributed by atoms with Crippen LogP contribution in [0.25, 0.3) is 0 Å². The van der Waals surface area contributed by atoms with Gasteiger partial charge in [-0.1, -0.05) is 19.1 Å². The van der Waals surface area contributed by atoms with E-state index in [1.54, 1.807) is 6.20 Å². The summed E-state index contributed by atoms with van der Waals surface area (Å²) in [5.74, 6) is 1.15. The van der Waals surface area contributed by atoms with Crippen molar-refractivity contribution in [2.75, 3.05) is 13.2 Å². The predicted octanol–water partition coefficient (Wildman–Crippen LogP) is 3.75. The smallest absolute Gasteiger partial charge is 0.223 e. The minimum Gasteiger partial charge on any atom is -0.493 e. The average Bonchev–Trinajstić information content (AvgIpc) is 3.08. The van der Waals surface area contributed by atoms with E-state index in [-0.39, 0.29) is 11.9 Å². The number of pyridine rings is 1. The fourth-order valence-corrected chi connectivity index (χ4v) is 3.33. The van der Waals surface area contributed by atoms with E-state index in [2.05, 4.69) is 17.1 Å². The van der Waals surface area contributed by atoms with Gasteiger partial charge in [-0.3, -0.25) is 9.78 Å². The van der Waals surface area contributed by atoms with Gasteiger partial charge in [-0.05, 0) is 48.2 Å². The van der Waals surface area contributed by atoms with E-state index < -0.39 is 0 Å². The van der Waals surface area contributed by atoms with Crippen molar-refractivity contribution in [3.63, 3.8) is 0 Å². The van der Waals surface area contributed by atoms with E-state index in [9.17, 15) is 4.79 Å². The number of rotatable bonds is 6. The number of hydrogen-bond donors (Lipinski definition) is 0. The quantitative estimate of drug-likeness (QED) is 0.812. The lowest BCUT2D eigenvalue weighted by atomic mass is 9.95. The summed E-state index contributed by atoms with van der Waals surface area (Å²) in [4.78, 5) is 18.9. The second-order valence-electron chi connectivity index (χ2n) is 6.08. The fourth-order valence-electron chi connectivity index (χ4n) is 3.33. The lowest BCUT2D eigenvalue weighted by Crippen LogP contribution is -2.35. The van der Waals surface area contributed by atoms with E-state index in [0.717, 1.165) is 36.3 Å². The number of carbonyl (C=O) groups is 1. The SMILES string of the molecule is CCCC(=O)N(CC)[C@@H](c1cccnc1)c1ccc2c(c1)CCO2. The van der Waals surface area contributed by atoms with Gasteiger partial charge in [0.25, 0.3) is 0 Å². The number of benzene rings is 1. The summed E-state index contributed by atoms with van der Waals surface area (Å²) in [7, 11) is 0. The van der Waals surface area contributed by atoms with Gasteiger partial charge in [0, 0.05) is 31.8 Å². The van der Waals surface area contributed by atoms with Crippen LogP contribution in [0.2, 0.25) is 0 Å². The van der Waals surface area contributed by atoms with Crippen molar-refractivity contribution in [2.45, 2.75) is 39.2 Å². The van der Waals surface area contributed by atoms with Crippen LogP contribution in [0.5, 0.6) is 5.75 Å². The third kappa shape index (κ3) is 3.28. The van der Waals surface area contributed by atoms with Crippen molar-refractivity contribution in [2.24, 2.45) is 0 Å². The highest BCUT2D eigenvalue weighted by Crippen LogP contribution is 2.34. The van der Waals surface area contributed by atoms with Crippen molar-refractivity contribution < 1.29 is 9.53 Å². The monoisotopic (exact) mass is 324 g/mol. The lowest BCUT2D eigenvalue weighted by molar-refractivity contribution is -0.132. The summed E-state index contributed by atoms with van der Waals surface area (Å²) in [6, 6.07) is 10.2. The second kappa shape index (κ2) is 7.47. The molecule has 126 valence electrons. The Kier molecular flexibility index (Phi) is 5.14. The molecule has 0 N–H and O–H groups in total. The van der Waals surface area contributed by atoms with Crippen LogP contribution in [-0.2, 0) is 11.2 Å². The zero-order valence-electron chi connectivity index (χ0n) is 14.4. The fraction of sp³-hybridized carbons (Fsp3) is 0.400. The highest BCUT2D eigenvalue weighted by molar-refractivity contribution is 5.77. The Balaban J connectivity index is 2.03. The number of amides is 1. The molecule has 1 aromatic heterocycles. The largest absolute Gasteiger partial charge is 0.493 e. The molecule has 1 amide bonds. The molecule has 2 heterocycles. The summed E-state index contributed by atoms with van der Waals surface area (Å²) in [5.41, 5.74) is 3.39. The first-order valence-corrected chi connectivity index (χ1v) is 8.69. The highest BCUT2D eigenvalue weighted by atomic mass is 16.5. The molecule has 0 bridgehead atoms. The second-order valence-corrected chi connectivity index (χ2v) is 6.08. The summed E-state index contributed by atoms with van der Waals surface area (Å²) in [6.07, 6.45) is 5.97. The number of nitrogens with zero attached hydrogens (tertiary/aromatic N) is 2. The maximum atomic E-state index is 12.7. The predicted molar refractivity (Wildman–Crippen MR) is 94.0 cm³/mol. The average molecular weight is 324 g/mol. The van der Waals surface area contributed by atoms with Crippen molar-refractivity contribution in [3.05, 3.63) is 59.4 Å². The molecule has 3 rings (SSSR count). The zero-order chi connectivity index (χ0) is 16.9. The van der Waals surface area contributed by atoms with Crippen LogP contribution in [0.15, 0.2) is 42.7 Å². The Hall–Kier alpha value is -2.36. The highest BCUT2D eigenvalue weighted by Gasteiger charge is 2.26. The van der Waals surface area contributed by atoms with Gasteiger partial charge in [0.2, 0.25) is 5.91 Å². The first kappa shape index (κ1) is 16.5. The molecule has 0 aliphatic carbocycles. The van der Waals surface area contributed by atoms with E-state index in [1.807, 2.05) is 43.1 Å². The zero-order valence-corrected chi connectivity index (χ0v) is 14.4. The summed E-state index contributed by atoms with van der Waals surface area (Å²) in [6.45, 7) is 5.49. The summed E-state index contributed by atoms with van der Waals surface area (Å²) in [5, 5.41) is 0. The molecular weight excluding hydrogens is 300 g/mol. The first-order valence-electron chi connectivity index (χ1n) is 8.69. The maximum Gasteiger partial charge on any atom is 0.223 e. The molecule has 0 saturated heterocycles. The number of carbonyl (C=O) groups excluding carboxylic acids is 1. The van der Waals surface area contributed by atoms with Crippen LogP contribution in [0.4, 0.5) is 0 Å². The molecule has 1 aliphatic rings. The third-order valence-corrected chi connectivity index (χ3v) is 4.47. The molecule has 4 nitrogen and oxygen atoms in total. The van der Waals surface area contributed by atoms with Crippen molar-refractivity contribution >= 4 is 5.91 Å². The Bertz CT molecular complexity index is 700. The minimum absolute atomic E-state index is 0.103. The van der Waals surface area contributed by atoms with Gasteiger partial charge in [0.15, 0.2) is 0 Å². The Labute approximate surface area is 143 Å². The molecule has 1 aliphatic heterocycles. The Morgan fingerprint density at radius 3 is 2.88 bits per heavy atom. The molecule has 0 radical (unpaired) electrons. The molecule has 0 spiro atoms. The topological polar surface area (TPSA) is 42.4 Å². The van der Waals surface area contributed by atoms with Crippen LogP contribution in [0.1, 0.15) is 49.4 Å². The molecular formula is C20H24N2O2. The first-order chi connectivity index (χ1) is 11.7. The van der Waals surface area contributed by atoms with E-state index >= 15 is 0 Å². The number of ether oxygens (including phenoxy) is 1. The molecule has 24 heavy (non-hydrogen) atoms. The number of fused-ring (bicyclic) bond motifs is 1. The van der Waals surface area contributed by atoms with Gasteiger partial charge in [-0.15, -0.1) is 0 Å². The van der Waals surface area contributed by atoms with E-state index in [0.29, 0.717) is 13.0 Å². The van der Waals surface area contributed by atoms with Gasteiger partial charge in [-0.2, -0.15) is 0 Å². The lowest BCUT2D eigenvalue weighted by Gasteiger charge is -2.32. The van der Waals surface area contributed by atoms with Gasteiger partial charge in [0.05, 0.1) is 12.6 Å². The van der Waals surface area contributed by atoms with Gasteiger partial charge < -0.3 is 9.64 Å². The normalized spacial score (nSPS) is 13.9. The molecule has 4 heteroatoms. The minimum atomic E-state index is -0.103. The Morgan fingerprint density at radius 1 is 1.29 bits per heavy atom. The third-order valence-electron chi connectivity index (χ3n) is 4.47.